The molecule has 0 spiro atoms. The predicted molar refractivity (Wildman–Crippen MR) is 74.2 cm³/mol. The molecule has 0 aromatic heterocycles. The molecule has 1 saturated heterocycles. The van der Waals surface area contributed by atoms with Crippen molar-refractivity contribution in [1.29, 1.82) is 0 Å². The van der Waals surface area contributed by atoms with Gasteiger partial charge in [-0.25, -0.2) is 4.39 Å². The average molecular weight is 250 g/mol. The first-order valence-corrected chi connectivity index (χ1v) is 6.92. The van der Waals surface area contributed by atoms with Crippen LogP contribution in [-0.2, 0) is 0 Å². The van der Waals surface area contributed by atoms with E-state index in [0.717, 1.165) is 24.7 Å². The number of hydrogen-bond acceptors (Lipinski definition) is 2. The average Bonchev–Trinajstić information content (AvgIpc) is 2.38. The van der Waals surface area contributed by atoms with Gasteiger partial charge in [0.15, 0.2) is 0 Å². The Bertz CT molecular complexity index is 395. The number of rotatable bonds is 3. The quantitative estimate of drug-likeness (QED) is 0.890. The zero-order valence-corrected chi connectivity index (χ0v) is 11.3. The van der Waals surface area contributed by atoms with Gasteiger partial charge in [0.05, 0.1) is 0 Å². The van der Waals surface area contributed by atoms with Crippen molar-refractivity contribution in [3.63, 3.8) is 0 Å². The molecule has 18 heavy (non-hydrogen) atoms. The minimum Gasteiger partial charge on any atom is -0.371 e. The van der Waals surface area contributed by atoms with E-state index in [4.69, 9.17) is 5.73 Å². The monoisotopic (exact) mass is 250 g/mol. The Morgan fingerprint density at radius 2 is 2.06 bits per heavy atom. The van der Waals surface area contributed by atoms with Crippen molar-refractivity contribution in [3.05, 3.63) is 29.6 Å². The fraction of sp³-hybridized carbons (Fsp3) is 0.600. The first-order chi connectivity index (χ1) is 8.63. The van der Waals surface area contributed by atoms with E-state index >= 15 is 0 Å². The molecule has 1 atom stereocenters. The summed E-state index contributed by atoms with van der Waals surface area (Å²) in [6.07, 6.45) is 3.65. The van der Waals surface area contributed by atoms with Crippen LogP contribution in [0.2, 0.25) is 0 Å². The Morgan fingerprint density at radius 3 is 2.61 bits per heavy atom. The van der Waals surface area contributed by atoms with Crippen LogP contribution in [0, 0.1) is 11.7 Å². The molecular weight excluding hydrogens is 227 g/mol. The number of piperidine rings is 1. The molecule has 2 N–H and O–H groups in total. The van der Waals surface area contributed by atoms with Gasteiger partial charge in [0, 0.05) is 30.4 Å². The zero-order valence-electron chi connectivity index (χ0n) is 11.3. The maximum atomic E-state index is 13.9. The SMILES string of the molecule is CCC1CCN(c2cccc(F)c2C(C)N)CC1. The topological polar surface area (TPSA) is 29.3 Å². The van der Waals surface area contributed by atoms with Crippen LogP contribution in [-0.4, -0.2) is 13.1 Å². The van der Waals surface area contributed by atoms with Gasteiger partial charge in [0.1, 0.15) is 5.82 Å². The molecule has 1 aromatic carbocycles. The summed E-state index contributed by atoms with van der Waals surface area (Å²) in [5.74, 6) is 0.647. The summed E-state index contributed by atoms with van der Waals surface area (Å²) in [5, 5.41) is 0. The highest BCUT2D eigenvalue weighted by Gasteiger charge is 2.22. The fourth-order valence-corrected chi connectivity index (χ4v) is 2.83. The maximum absolute atomic E-state index is 13.9. The lowest BCUT2D eigenvalue weighted by Gasteiger charge is -2.35. The maximum Gasteiger partial charge on any atom is 0.130 e. The van der Waals surface area contributed by atoms with E-state index in [1.54, 1.807) is 6.07 Å². The van der Waals surface area contributed by atoms with E-state index in [9.17, 15) is 4.39 Å². The minimum atomic E-state index is -0.259. The summed E-state index contributed by atoms with van der Waals surface area (Å²) in [4.78, 5) is 2.29. The Kier molecular flexibility index (Phi) is 4.23. The molecule has 0 radical (unpaired) electrons. The Balaban J connectivity index is 2.21. The van der Waals surface area contributed by atoms with Gasteiger partial charge in [-0.05, 0) is 37.8 Å². The van der Waals surface area contributed by atoms with Gasteiger partial charge in [-0.1, -0.05) is 19.4 Å². The van der Waals surface area contributed by atoms with Crippen LogP contribution >= 0.6 is 0 Å². The second-order valence-electron chi connectivity index (χ2n) is 5.30. The molecular formula is C15H23FN2. The fourth-order valence-electron chi connectivity index (χ4n) is 2.83. The van der Waals surface area contributed by atoms with Crippen molar-refractivity contribution in [2.75, 3.05) is 18.0 Å². The van der Waals surface area contributed by atoms with Crippen molar-refractivity contribution in [3.8, 4) is 0 Å². The second kappa shape index (κ2) is 5.70. The first-order valence-electron chi connectivity index (χ1n) is 6.92. The Hall–Kier alpha value is -1.09. The third kappa shape index (κ3) is 2.66. The van der Waals surface area contributed by atoms with E-state index in [-0.39, 0.29) is 11.9 Å². The largest absolute Gasteiger partial charge is 0.371 e. The standard InChI is InChI=1S/C15H23FN2/c1-3-12-7-9-18(10-8-12)14-6-4-5-13(16)15(14)11(2)17/h4-6,11-12H,3,7-10,17H2,1-2H3. The molecule has 1 aromatic rings. The number of anilines is 1. The van der Waals surface area contributed by atoms with Crippen LogP contribution in [0.1, 0.15) is 44.7 Å². The number of benzene rings is 1. The molecule has 1 unspecified atom stereocenters. The molecule has 3 heteroatoms. The molecule has 2 nitrogen and oxygen atoms in total. The third-order valence-electron chi connectivity index (χ3n) is 4.02. The van der Waals surface area contributed by atoms with Crippen molar-refractivity contribution in [2.45, 2.75) is 39.2 Å². The molecule has 0 amide bonds. The van der Waals surface area contributed by atoms with Crippen molar-refractivity contribution < 1.29 is 4.39 Å². The normalized spacial score (nSPS) is 19.0. The second-order valence-corrected chi connectivity index (χ2v) is 5.30. The number of nitrogens with two attached hydrogens (primary N) is 1. The number of nitrogens with zero attached hydrogens (tertiary/aromatic N) is 1. The summed E-state index contributed by atoms with van der Waals surface area (Å²) in [7, 11) is 0. The van der Waals surface area contributed by atoms with Gasteiger partial charge in [0.25, 0.3) is 0 Å². The minimum absolute atomic E-state index is 0.180. The highest BCUT2D eigenvalue weighted by Crippen LogP contribution is 2.31. The van der Waals surface area contributed by atoms with Gasteiger partial charge in [0.2, 0.25) is 0 Å². The van der Waals surface area contributed by atoms with Crippen LogP contribution in [0.5, 0.6) is 0 Å². The number of halogens is 1. The highest BCUT2D eigenvalue weighted by molar-refractivity contribution is 5.55. The Morgan fingerprint density at radius 1 is 1.39 bits per heavy atom. The van der Waals surface area contributed by atoms with E-state index in [1.165, 1.54) is 25.3 Å². The van der Waals surface area contributed by atoms with Crippen molar-refractivity contribution >= 4 is 5.69 Å². The summed E-state index contributed by atoms with van der Waals surface area (Å²) in [5.41, 5.74) is 7.55. The molecule has 1 heterocycles. The van der Waals surface area contributed by atoms with Crippen LogP contribution in [0.3, 0.4) is 0 Å². The third-order valence-corrected chi connectivity index (χ3v) is 4.02. The molecule has 1 aliphatic rings. The predicted octanol–water partition coefficient (Wildman–Crippen LogP) is 3.47. The number of hydrogen-bond donors (Lipinski definition) is 1. The van der Waals surface area contributed by atoms with E-state index in [0.29, 0.717) is 5.56 Å². The molecule has 1 aliphatic heterocycles. The lowest BCUT2D eigenvalue weighted by Crippen LogP contribution is -2.34. The van der Waals surface area contributed by atoms with Crippen molar-refractivity contribution in [1.82, 2.24) is 0 Å². The van der Waals surface area contributed by atoms with Gasteiger partial charge >= 0.3 is 0 Å². The summed E-state index contributed by atoms with van der Waals surface area (Å²) in [6, 6.07) is 5.02. The van der Waals surface area contributed by atoms with Gasteiger partial charge in [-0.3, -0.25) is 0 Å². The van der Waals surface area contributed by atoms with Crippen LogP contribution in [0.15, 0.2) is 18.2 Å². The van der Waals surface area contributed by atoms with E-state index in [1.807, 2.05) is 13.0 Å². The smallest absolute Gasteiger partial charge is 0.130 e. The zero-order chi connectivity index (χ0) is 13.1. The van der Waals surface area contributed by atoms with Gasteiger partial charge < -0.3 is 10.6 Å². The van der Waals surface area contributed by atoms with Gasteiger partial charge in [-0.2, -0.15) is 0 Å². The molecule has 0 bridgehead atoms. The summed E-state index contributed by atoms with van der Waals surface area (Å²) in [6.45, 7) is 6.12. The van der Waals surface area contributed by atoms with Gasteiger partial charge in [-0.15, -0.1) is 0 Å². The molecule has 0 saturated carbocycles. The molecule has 0 aliphatic carbocycles. The molecule has 100 valence electrons. The highest BCUT2D eigenvalue weighted by atomic mass is 19.1. The lowest BCUT2D eigenvalue weighted by molar-refractivity contribution is 0.394. The summed E-state index contributed by atoms with van der Waals surface area (Å²) < 4.78 is 13.9. The van der Waals surface area contributed by atoms with E-state index < -0.39 is 0 Å². The van der Waals surface area contributed by atoms with Crippen LogP contribution in [0.25, 0.3) is 0 Å². The molecule has 1 fully saturated rings. The van der Waals surface area contributed by atoms with Crippen LogP contribution in [0.4, 0.5) is 10.1 Å². The first kappa shape index (κ1) is 13.3. The van der Waals surface area contributed by atoms with Crippen LogP contribution < -0.4 is 10.6 Å². The molecule has 2 rings (SSSR count). The van der Waals surface area contributed by atoms with E-state index in [2.05, 4.69) is 11.8 Å². The summed E-state index contributed by atoms with van der Waals surface area (Å²) >= 11 is 0. The Labute approximate surface area is 109 Å². The van der Waals surface area contributed by atoms with Crippen molar-refractivity contribution in [2.24, 2.45) is 11.7 Å². The lowest BCUT2D eigenvalue weighted by atomic mass is 9.93.